The first-order valence-electron chi connectivity index (χ1n) is 5.49. The lowest BCUT2D eigenvalue weighted by Crippen LogP contribution is -2.01. The highest BCUT2D eigenvalue weighted by atomic mass is 16.4. The van der Waals surface area contributed by atoms with Gasteiger partial charge in [-0.25, -0.2) is 4.79 Å². The number of benzene rings is 1. The van der Waals surface area contributed by atoms with Crippen molar-refractivity contribution in [1.29, 1.82) is 0 Å². The predicted molar refractivity (Wildman–Crippen MR) is 65.2 cm³/mol. The van der Waals surface area contributed by atoms with Gasteiger partial charge >= 0.3 is 5.97 Å². The summed E-state index contributed by atoms with van der Waals surface area (Å²) >= 11 is 0. The first-order valence-corrected chi connectivity index (χ1v) is 5.49. The average molecular weight is 244 g/mol. The molecule has 0 amide bonds. The minimum absolute atomic E-state index is 0.744. The van der Waals surface area contributed by atoms with Gasteiger partial charge in [-0.15, -0.1) is 5.10 Å². The summed E-state index contributed by atoms with van der Waals surface area (Å²) in [6.07, 6.45) is 3.38. The Morgan fingerprint density at radius 1 is 1.39 bits per heavy atom. The first-order chi connectivity index (χ1) is 8.70. The molecule has 0 aliphatic carbocycles. The number of aromatic nitrogens is 4. The monoisotopic (exact) mass is 244 g/mol. The highest BCUT2D eigenvalue weighted by Gasteiger charge is 2.05. The standard InChI is InChI=1S/C12H12N4O2/c1-2-11-13-14-15-16(11)10-6-3-9(4-7-10)5-8-12(17)18/h3-8H,2H2,1H3,(H,17,18)/b8-5+. The highest BCUT2D eigenvalue weighted by molar-refractivity contribution is 5.85. The van der Waals surface area contributed by atoms with Crippen molar-refractivity contribution in [3.63, 3.8) is 0 Å². The molecule has 1 heterocycles. The Balaban J connectivity index is 2.25. The molecule has 1 aromatic heterocycles. The molecule has 2 rings (SSSR count). The molecule has 0 radical (unpaired) electrons. The van der Waals surface area contributed by atoms with E-state index >= 15 is 0 Å². The van der Waals surface area contributed by atoms with E-state index in [0.717, 1.165) is 29.6 Å². The molecule has 2 aromatic rings. The molecule has 0 saturated carbocycles. The van der Waals surface area contributed by atoms with E-state index in [1.807, 2.05) is 31.2 Å². The van der Waals surface area contributed by atoms with Gasteiger partial charge in [-0.1, -0.05) is 19.1 Å². The molecular weight excluding hydrogens is 232 g/mol. The first kappa shape index (κ1) is 12.0. The maximum atomic E-state index is 10.4. The lowest BCUT2D eigenvalue weighted by Gasteiger charge is -2.02. The van der Waals surface area contributed by atoms with Crippen molar-refractivity contribution in [2.45, 2.75) is 13.3 Å². The van der Waals surface area contributed by atoms with E-state index < -0.39 is 5.97 Å². The maximum absolute atomic E-state index is 10.4. The molecule has 1 N–H and O–H groups in total. The molecule has 0 saturated heterocycles. The van der Waals surface area contributed by atoms with Gasteiger partial charge in [-0.05, 0) is 34.2 Å². The van der Waals surface area contributed by atoms with Crippen molar-refractivity contribution in [3.8, 4) is 5.69 Å². The molecule has 0 aliphatic heterocycles. The van der Waals surface area contributed by atoms with Gasteiger partial charge in [0.05, 0.1) is 5.69 Å². The van der Waals surface area contributed by atoms with E-state index in [9.17, 15) is 4.79 Å². The molecule has 0 aliphatic rings. The number of hydrogen-bond donors (Lipinski definition) is 1. The summed E-state index contributed by atoms with van der Waals surface area (Å²) in [5, 5.41) is 20.0. The van der Waals surface area contributed by atoms with E-state index in [1.165, 1.54) is 6.08 Å². The fourth-order valence-electron chi connectivity index (χ4n) is 1.52. The molecule has 1 aromatic carbocycles. The molecule has 0 fully saturated rings. The van der Waals surface area contributed by atoms with Crippen LogP contribution in [0.5, 0.6) is 0 Å². The van der Waals surface area contributed by atoms with Gasteiger partial charge in [0.25, 0.3) is 0 Å². The number of aryl methyl sites for hydroxylation is 1. The predicted octanol–water partition coefficient (Wildman–Crippen LogP) is 1.32. The Morgan fingerprint density at radius 3 is 2.72 bits per heavy atom. The van der Waals surface area contributed by atoms with E-state index in [4.69, 9.17) is 5.11 Å². The summed E-state index contributed by atoms with van der Waals surface area (Å²) in [4.78, 5) is 10.4. The van der Waals surface area contributed by atoms with Crippen LogP contribution < -0.4 is 0 Å². The normalized spacial score (nSPS) is 10.9. The van der Waals surface area contributed by atoms with Gasteiger partial charge < -0.3 is 5.11 Å². The van der Waals surface area contributed by atoms with Crippen LogP contribution in [0.1, 0.15) is 18.3 Å². The highest BCUT2D eigenvalue weighted by Crippen LogP contribution is 2.11. The van der Waals surface area contributed by atoms with Gasteiger partial charge in [-0.2, -0.15) is 4.68 Å². The van der Waals surface area contributed by atoms with Crippen LogP contribution in [0, 0.1) is 0 Å². The Labute approximate surface area is 104 Å². The van der Waals surface area contributed by atoms with E-state index in [2.05, 4.69) is 15.5 Å². The third-order valence-electron chi connectivity index (χ3n) is 2.41. The second-order valence-electron chi connectivity index (χ2n) is 3.62. The van der Waals surface area contributed by atoms with Crippen LogP contribution in [0.2, 0.25) is 0 Å². The summed E-state index contributed by atoms with van der Waals surface area (Å²) < 4.78 is 1.66. The number of carbonyl (C=O) groups is 1. The second kappa shape index (κ2) is 5.22. The summed E-state index contributed by atoms with van der Waals surface area (Å²) in [6, 6.07) is 7.32. The second-order valence-corrected chi connectivity index (χ2v) is 3.62. The molecule has 0 atom stereocenters. The van der Waals surface area contributed by atoms with Crippen molar-refractivity contribution >= 4 is 12.0 Å². The van der Waals surface area contributed by atoms with E-state index in [0.29, 0.717) is 0 Å². The molecule has 92 valence electrons. The summed E-state index contributed by atoms with van der Waals surface area (Å²) in [5.74, 6) is -0.184. The zero-order chi connectivity index (χ0) is 13.0. The fourth-order valence-corrected chi connectivity index (χ4v) is 1.52. The Morgan fingerprint density at radius 2 is 2.11 bits per heavy atom. The summed E-state index contributed by atoms with van der Waals surface area (Å²) in [6.45, 7) is 1.98. The Bertz CT molecular complexity index is 572. The number of rotatable bonds is 4. The number of tetrazole rings is 1. The van der Waals surface area contributed by atoms with Crippen molar-refractivity contribution in [2.24, 2.45) is 0 Å². The Kier molecular flexibility index (Phi) is 3.47. The van der Waals surface area contributed by atoms with Crippen LogP contribution in [0.3, 0.4) is 0 Å². The smallest absolute Gasteiger partial charge is 0.328 e. The van der Waals surface area contributed by atoms with Crippen LogP contribution in [0.4, 0.5) is 0 Å². The van der Waals surface area contributed by atoms with Crippen molar-refractivity contribution < 1.29 is 9.90 Å². The van der Waals surface area contributed by atoms with Crippen molar-refractivity contribution in [2.75, 3.05) is 0 Å². The molecular formula is C12H12N4O2. The summed E-state index contributed by atoms with van der Waals surface area (Å²) in [5.41, 5.74) is 1.66. The number of aliphatic carboxylic acids is 1. The lowest BCUT2D eigenvalue weighted by atomic mass is 10.2. The maximum Gasteiger partial charge on any atom is 0.328 e. The van der Waals surface area contributed by atoms with Crippen LogP contribution in [-0.4, -0.2) is 31.3 Å². The van der Waals surface area contributed by atoms with Crippen molar-refractivity contribution in [3.05, 3.63) is 41.7 Å². The number of carboxylic acids is 1. The molecule has 6 nitrogen and oxygen atoms in total. The van der Waals surface area contributed by atoms with Crippen LogP contribution in [-0.2, 0) is 11.2 Å². The van der Waals surface area contributed by atoms with Crippen LogP contribution in [0.15, 0.2) is 30.3 Å². The summed E-state index contributed by atoms with van der Waals surface area (Å²) in [7, 11) is 0. The molecule has 6 heteroatoms. The molecule has 0 spiro atoms. The zero-order valence-corrected chi connectivity index (χ0v) is 9.82. The van der Waals surface area contributed by atoms with E-state index in [1.54, 1.807) is 4.68 Å². The van der Waals surface area contributed by atoms with Gasteiger partial charge in [-0.3, -0.25) is 0 Å². The minimum Gasteiger partial charge on any atom is -0.478 e. The van der Waals surface area contributed by atoms with Gasteiger partial charge in [0, 0.05) is 12.5 Å². The number of hydrogen-bond acceptors (Lipinski definition) is 4. The van der Waals surface area contributed by atoms with Gasteiger partial charge in [0.2, 0.25) is 0 Å². The van der Waals surface area contributed by atoms with Crippen molar-refractivity contribution in [1.82, 2.24) is 20.2 Å². The molecule has 0 unspecified atom stereocenters. The fraction of sp³-hybridized carbons (Fsp3) is 0.167. The van der Waals surface area contributed by atoms with Crippen LogP contribution >= 0.6 is 0 Å². The zero-order valence-electron chi connectivity index (χ0n) is 9.82. The number of carboxylic acid groups (broad SMARTS) is 1. The van der Waals surface area contributed by atoms with Gasteiger partial charge in [0.1, 0.15) is 0 Å². The molecule has 18 heavy (non-hydrogen) atoms. The molecule has 0 bridgehead atoms. The third kappa shape index (κ3) is 2.60. The van der Waals surface area contributed by atoms with Crippen LogP contribution in [0.25, 0.3) is 11.8 Å². The largest absolute Gasteiger partial charge is 0.478 e. The van der Waals surface area contributed by atoms with E-state index in [-0.39, 0.29) is 0 Å². The minimum atomic E-state index is -0.965. The van der Waals surface area contributed by atoms with Gasteiger partial charge in [0.15, 0.2) is 5.82 Å². The lowest BCUT2D eigenvalue weighted by molar-refractivity contribution is -0.131. The Hall–Kier alpha value is -2.50. The topological polar surface area (TPSA) is 80.9 Å². The number of nitrogens with zero attached hydrogens (tertiary/aromatic N) is 4. The SMILES string of the molecule is CCc1nnnn1-c1ccc(/C=C/C(=O)O)cc1. The quantitative estimate of drug-likeness (QED) is 0.820. The third-order valence-corrected chi connectivity index (χ3v) is 2.41. The average Bonchev–Trinajstić information content (AvgIpc) is 2.85.